The van der Waals surface area contributed by atoms with Crippen molar-refractivity contribution in [1.29, 1.82) is 0 Å². The highest BCUT2D eigenvalue weighted by Crippen LogP contribution is 2.24. The van der Waals surface area contributed by atoms with E-state index in [9.17, 15) is 9.59 Å². The molecule has 0 saturated heterocycles. The average molecular weight is 494 g/mol. The van der Waals surface area contributed by atoms with Gasteiger partial charge in [-0.05, 0) is 74.0 Å². The van der Waals surface area contributed by atoms with E-state index in [1.807, 2.05) is 73.0 Å². The summed E-state index contributed by atoms with van der Waals surface area (Å²) in [5, 5.41) is 0.711. The summed E-state index contributed by atoms with van der Waals surface area (Å²) in [5.41, 5.74) is 3.80. The number of carbonyl (C=O) groups excluding carboxylic acids is 2. The van der Waals surface area contributed by atoms with E-state index in [0.717, 1.165) is 33.4 Å². The van der Waals surface area contributed by atoms with Gasteiger partial charge in [0.2, 0.25) is 5.78 Å². The van der Waals surface area contributed by atoms with Crippen molar-refractivity contribution in [3.05, 3.63) is 112 Å². The van der Waals surface area contributed by atoms with Gasteiger partial charge in [0.05, 0.1) is 18.4 Å². The number of hydrogen-bond acceptors (Lipinski definition) is 5. The Labute approximate surface area is 207 Å². The number of nitrogens with zero attached hydrogens (tertiary/aromatic N) is 1. The number of hydrogen-bond donors (Lipinski definition) is 0. The SMILES string of the molecule is Cc1cc(C(=O)COC(=O)c2ccc(CSc3ccc(Cl)cc3)cc2)c(C)n1Cc1ccco1. The molecule has 34 heavy (non-hydrogen) atoms. The molecule has 2 aromatic heterocycles. The molecule has 0 aliphatic rings. The van der Waals surface area contributed by atoms with E-state index in [4.69, 9.17) is 20.8 Å². The monoisotopic (exact) mass is 493 g/mol. The van der Waals surface area contributed by atoms with Crippen LogP contribution in [0.2, 0.25) is 5.02 Å². The lowest BCUT2D eigenvalue weighted by molar-refractivity contribution is 0.0474. The third-order valence-electron chi connectivity index (χ3n) is 5.51. The van der Waals surface area contributed by atoms with Gasteiger partial charge in [-0.3, -0.25) is 4.79 Å². The summed E-state index contributed by atoms with van der Waals surface area (Å²) >= 11 is 7.60. The highest BCUT2D eigenvalue weighted by Gasteiger charge is 2.18. The van der Waals surface area contributed by atoms with Crippen LogP contribution in [-0.4, -0.2) is 22.9 Å². The summed E-state index contributed by atoms with van der Waals surface area (Å²) in [6.45, 7) is 4.05. The summed E-state index contributed by atoms with van der Waals surface area (Å²) in [5.74, 6) is 0.823. The predicted octanol–water partition coefficient (Wildman–Crippen LogP) is 6.73. The zero-order valence-corrected chi connectivity index (χ0v) is 20.5. The molecule has 0 bridgehead atoms. The Morgan fingerprint density at radius 3 is 2.44 bits per heavy atom. The van der Waals surface area contributed by atoms with Crippen molar-refractivity contribution in [3.8, 4) is 0 Å². The van der Waals surface area contributed by atoms with Crippen LogP contribution >= 0.6 is 23.4 Å². The molecule has 4 aromatic rings. The summed E-state index contributed by atoms with van der Waals surface area (Å²) in [6, 6.07) is 20.5. The number of Topliss-reactive ketones (excluding diaryl/α,β-unsaturated/α-hetero) is 1. The minimum Gasteiger partial charge on any atom is -0.467 e. The number of benzene rings is 2. The molecule has 5 nitrogen and oxygen atoms in total. The topological polar surface area (TPSA) is 61.4 Å². The third-order valence-corrected chi connectivity index (χ3v) is 6.85. The van der Waals surface area contributed by atoms with Gasteiger partial charge in [-0.15, -0.1) is 11.8 Å². The number of rotatable bonds is 9. The molecular formula is C27H24ClNO4S. The van der Waals surface area contributed by atoms with Crippen LogP contribution in [-0.2, 0) is 17.0 Å². The Morgan fingerprint density at radius 2 is 1.76 bits per heavy atom. The van der Waals surface area contributed by atoms with Crippen molar-refractivity contribution < 1.29 is 18.7 Å². The van der Waals surface area contributed by atoms with E-state index in [1.165, 1.54) is 0 Å². The van der Waals surface area contributed by atoms with Crippen molar-refractivity contribution in [1.82, 2.24) is 4.57 Å². The van der Waals surface area contributed by atoms with Crippen molar-refractivity contribution in [2.24, 2.45) is 0 Å². The second-order valence-corrected chi connectivity index (χ2v) is 9.37. The number of ketones is 1. The molecular weight excluding hydrogens is 470 g/mol. The lowest BCUT2D eigenvalue weighted by Gasteiger charge is -2.08. The second kappa shape index (κ2) is 10.8. The lowest BCUT2D eigenvalue weighted by atomic mass is 10.1. The first-order valence-electron chi connectivity index (χ1n) is 10.8. The second-order valence-electron chi connectivity index (χ2n) is 7.89. The van der Waals surface area contributed by atoms with E-state index in [1.54, 1.807) is 30.2 Å². The Morgan fingerprint density at radius 1 is 1.03 bits per heavy atom. The van der Waals surface area contributed by atoms with Crippen LogP contribution in [0.1, 0.15) is 43.4 Å². The summed E-state index contributed by atoms with van der Waals surface area (Å²) in [7, 11) is 0. The van der Waals surface area contributed by atoms with Crippen molar-refractivity contribution in [2.45, 2.75) is 31.0 Å². The average Bonchev–Trinajstić information content (AvgIpc) is 3.46. The normalized spacial score (nSPS) is 10.9. The molecule has 0 amide bonds. The zero-order valence-electron chi connectivity index (χ0n) is 18.9. The first-order chi connectivity index (χ1) is 16.4. The maximum Gasteiger partial charge on any atom is 0.338 e. The third kappa shape index (κ3) is 5.82. The standard InChI is InChI=1S/C27H24ClNO4S/c1-18-14-25(19(2)29(18)15-23-4-3-13-32-23)26(30)16-33-27(31)21-7-5-20(6-8-21)17-34-24-11-9-22(28)10-12-24/h3-14H,15-17H2,1-2H3. The molecule has 2 aromatic carbocycles. The van der Waals surface area contributed by atoms with Crippen molar-refractivity contribution >= 4 is 35.1 Å². The summed E-state index contributed by atoms with van der Waals surface area (Å²) in [4.78, 5) is 26.3. The van der Waals surface area contributed by atoms with Crippen LogP contribution < -0.4 is 0 Å². The van der Waals surface area contributed by atoms with Gasteiger partial charge in [0.25, 0.3) is 0 Å². The minimum atomic E-state index is -0.519. The number of aromatic nitrogens is 1. The molecule has 0 radical (unpaired) electrons. The van der Waals surface area contributed by atoms with Crippen molar-refractivity contribution in [2.75, 3.05) is 6.61 Å². The first-order valence-corrected chi connectivity index (χ1v) is 12.1. The number of thioether (sulfide) groups is 1. The fourth-order valence-corrected chi connectivity index (χ4v) is 4.59. The van der Waals surface area contributed by atoms with E-state index < -0.39 is 5.97 Å². The van der Waals surface area contributed by atoms with Gasteiger partial charge in [-0.1, -0.05) is 23.7 Å². The van der Waals surface area contributed by atoms with Gasteiger partial charge in [-0.2, -0.15) is 0 Å². The molecule has 2 heterocycles. The maximum atomic E-state index is 12.7. The molecule has 0 saturated carbocycles. The molecule has 0 spiro atoms. The number of esters is 1. The van der Waals surface area contributed by atoms with E-state index in [2.05, 4.69) is 0 Å². The fourth-order valence-electron chi connectivity index (χ4n) is 3.61. The van der Waals surface area contributed by atoms with Gasteiger partial charge in [0, 0.05) is 32.6 Å². The van der Waals surface area contributed by atoms with Gasteiger partial charge < -0.3 is 13.7 Å². The molecule has 0 N–H and O–H groups in total. The van der Waals surface area contributed by atoms with Gasteiger partial charge in [0.1, 0.15) is 5.76 Å². The van der Waals surface area contributed by atoms with E-state index in [0.29, 0.717) is 22.7 Å². The zero-order chi connectivity index (χ0) is 24.1. The number of halogens is 1. The molecule has 4 rings (SSSR count). The maximum absolute atomic E-state index is 12.7. The fraction of sp³-hybridized carbons (Fsp3) is 0.185. The van der Waals surface area contributed by atoms with Gasteiger partial charge >= 0.3 is 5.97 Å². The van der Waals surface area contributed by atoms with Crippen LogP contribution in [0.3, 0.4) is 0 Å². The van der Waals surface area contributed by atoms with Crippen LogP contribution in [0.5, 0.6) is 0 Å². The highest BCUT2D eigenvalue weighted by molar-refractivity contribution is 7.98. The first kappa shape index (κ1) is 23.9. The van der Waals surface area contributed by atoms with E-state index >= 15 is 0 Å². The number of aryl methyl sites for hydroxylation is 1. The summed E-state index contributed by atoms with van der Waals surface area (Å²) in [6.07, 6.45) is 1.63. The lowest BCUT2D eigenvalue weighted by Crippen LogP contribution is -2.15. The quantitative estimate of drug-likeness (QED) is 0.147. The Bertz CT molecular complexity index is 1280. The number of furan rings is 1. The van der Waals surface area contributed by atoms with Gasteiger partial charge in [-0.25, -0.2) is 4.79 Å². The van der Waals surface area contributed by atoms with Crippen molar-refractivity contribution in [3.63, 3.8) is 0 Å². The smallest absolute Gasteiger partial charge is 0.338 e. The van der Waals surface area contributed by atoms with Crippen LogP contribution in [0.4, 0.5) is 0 Å². The van der Waals surface area contributed by atoms with E-state index in [-0.39, 0.29) is 12.4 Å². The Balaban J connectivity index is 1.31. The molecule has 0 unspecified atom stereocenters. The molecule has 0 aliphatic heterocycles. The van der Waals surface area contributed by atoms with Crippen LogP contribution in [0.25, 0.3) is 0 Å². The van der Waals surface area contributed by atoms with Crippen LogP contribution in [0, 0.1) is 13.8 Å². The Kier molecular flexibility index (Phi) is 7.60. The molecule has 0 aliphatic carbocycles. The number of carbonyl (C=O) groups is 2. The Hall–Kier alpha value is -3.22. The largest absolute Gasteiger partial charge is 0.467 e. The predicted molar refractivity (Wildman–Crippen MR) is 134 cm³/mol. The highest BCUT2D eigenvalue weighted by atomic mass is 35.5. The van der Waals surface area contributed by atoms with Gasteiger partial charge in [0.15, 0.2) is 6.61 Å². The molecule has 0 fully saturated rings. The summed E-state index contributed by atoms with van der Waals surface area (Å²) < 4.78 is 12.7. The number of ether oxygens (including phenoxy) is 1. The molecule has 0 atom stereocenters. The minimum absolute atomic E-state index is 0.233. The van der Waals surface area contributed by atoms with Crippen LogP contribution in [0.15, 0.2) is 82.3 Å². The molecule has 7 heteroatoms. The molecule has 174 valence electrons.